The van der Waals surface area contributed by atoms with E-state index in [4.69, 9.17) is 4.74 Å². The Kier molecular flexibility index (Phi) is 6.13. The van der Waals surface area contributed by atoms with Gasteiger partial charge in [-0.3, -0.25) is 4.79 Å². The third-order valence-electron chi connectivity index (χ3n) is 5.71. The maximum absolute atomic E-state index is 13.1. The van der Waals surface area contributed by atoms with Crippen LogP contribution in [0.5, 0.6) is 0 Å². The average molecular weight is 442 g/mol. The standard InChI is InChI=1S/C23H27N3O4S/c1-17-5-8-20(9-6-17)31(28,29)26-12-3-4-22(26)23(27)24-19-7-10-21-18(16-19)11-13-25(21)14-15-30-2/h5-11,13,16,22H,3-4,12,14-15H2,1-2H3,(H,24,27)/t22-/m0/s1. The third-order valence-corrected chi connectivity index (χ3v) is 7.63. The molecule has 1 aromatic heterocycles. The summed E-state index contributed by atoms with van der Waals surface area (Å²) < 4.78 is 34.8. The van der Waals surface area contributed by atoms with Crippen molar-refractivity contribution in [3.63, 3.8) is 0 Å². The summed E-state index contributed by atoms with van der Waals surface area (Å²) in [5, 5.41) is 3.92. The number of anilines is 1. The highest BCUT2D eigenvalue weighted by atomic mass is 32.2. The Balaban J connectivity index is 1.51. The molecule has 1 fully saturated rings. The first-order chi connectivity index (χ1) is 14.9. The summed E-state index contributed by atoms with van der Waals surface area (Å²) in [5.41, 5.74) is 2.70. The van der Waals surface area contributed by atoms with Crippen molar-refractivity contribution in [1.82, 2.24) is 8.87 Å². The van der Waals surface area contributed by atoms with Crippen molar-refractivity contribution in [2.24, 2.45) is 0 Å². The summed E-state index contributed by atoms with van der Waals surface area (Å²) in [4.78, 5) is 13.2. The smallest absolute Gasteiger partial charge is 0.243 e. The number of aryl methyl sites for hydroxylation is 1. The molecule has 0 radical (unpaired) electrons. The van der Waals surface area contributed by atoms with E-state index in [0.29, 0.717) is 31.7 Å². The van der Waals surface area contributed by atoms with Crippen LogP contribution < -0.4 is 5.32 Å². The first-order valence-electron chi connectivity index (χ1n) is 10.4. The maximum atomic E-state index is 13.1. The number of methoxy groups -OCH3 is 1. The topological polar surface area (TPSA) is 80.6 Å². The summed E-state index contributed by atoms with van der Waals surface area (Å²) in [7, 11) is -2.05. The van der Waals surface area contributed by atoms with E-state index < -0.39 is 16.1 Å². The van der Waals surface area contributed by atoms with Gasteiger partial charge >= 0.3 is 0 Å². The van der Waals surface area contributed by atoms with Crippen LogP contribution in [0.4, 0.5) is 5.69 Å². The summed E-state index contributed by atoms with van der Waals surface area (Å²) in [5.74, 6) is -0.300. The van der Waals surface area contributed by atoms with Gasteiger partial charge in [-0.1, -0.05) is 17.7 Å². The molecule has 164 valence electrons. The van der Waals surface area contributed by atoms with E-state index in [1.54, 1.807) is 31.4 Å². The number of ether oxygens (including phenoxy) is 1. The highest BCUT2D eigenvalue weighted by Crippen LogP contribution is 2.28. The number of nitrogens with one attached hydrogen (secondary N) is 1. The van der Waals surface area contributed by atoms with Crippen molar-refractivity contribution in [1.29, 1.82) is 0 Å². The molecule has 0 unspecified atom stereocenters. The van der Waals surface area contributed by atoms with Crippen LogP contribution in [-0.2, 0) is 26.1 Å². The summed E-state index contributed by atoms with van der Waals surface area (Å²) in [6.07, 6.45) is 3.15. The summed E-state index contributed by atoms with van der Waals surface area (Å²) in [6.45, 7) is 3.62. The van der Waals surface area contributed by atoms with Gasteiger partial charge in [0.1, 0.15) is 6.04 Å². The second-order valence-electron chi connectivity index (χ2n) is 7.85. The lowest BCUT2D eigenvalue weighted by Gasteiger charge is -2.23. The van der Waals surface area contributed by atoms with Gasteiger partial charge in [-0.25, -0.2) is 8.42 Å². The van der Waals surface area contributed by atoms with Gasteiger partial charge in [0.2, 0.25) is 15.9 Å². The predicted molar refractivity (Wildman–Crippen MR) is 121 cm³/mol. The zero-order valence-corrected chi connectivity index (χ0v) is 18.6. The molecular formula is C23H27N3O4S. The van der Waals surface area contributed by atoms with Crippen molar-refractivity contribution >= 4 is 32.5 Å². The number of hydrogen-bond acceptors (Lipinski definition) is 4. The molecule has 1 aliphatic rings. The van der Waals surface area contributed by atoms with Gasteiger partial charge in [-0.15, -0.1) is 0 Å². The fourth-order valence-corrected chi connectivity index (χ4v) is 5.68. The Labute approximate surface area is 182 Å². The monoisotopic (exact) mass is 441 g/mol. The molecule has 31 heavy (non-hydrogen) atoms. The number of sulfonamides is 1. The maximum Gasteiger partial charge on any atom is 0.243 e. The van der Waals surface area contributed by atoms with E-state index in [0.717, 1.165) is 23.0 Å². The Morgan fingerprint density at radius 1 is 1.16 bits per heavy atom. The highest BCUT2D eigenvalue weighted by Gasteiger charge is 2.39. The Hall–Kier alpha value is -2.68. The van der Waals surface area contributed by atoms with Gasteiger partial charge in [0.15, 0.2) is 0 Å². The van der Waals surface area contributed by atoms with Crippen LogP contribution in [0.15, 0.2) is 59.6 Å². The Morgan fingerprint density at radius 3 is 2.68 bits per heavy atom. The van der Waals surface area contributed by atoms with Crippen molar-refractivity contribution < 1.29 is 17.9 Å². The van der Waals surface area contributed by atoms with E-state index in [-0.39, 0.29) is 10.8 Å². The molecular weight excluding hydrogens is 414 g/mol. The van der Waals surface area contributed by atoms with Crippen LogP contribution in [0.25, 0.3) is 10.9 Å². The van der Waals surface area contributed by atoms with Crippen molar-refractivity contribution in [3.05, 3.63) is 60.3 Å². The molecule has 0 saturated carbocycles. The minimum absolute atomic E-state index is 0.219. The van der Waals surface area contributed by atoms with Crippen molar-refractivity contribution in [2.45, 2.75) is 37.2 Å². The normalized spacial score (nSPS) is 17.3. The zero-order valence-electron chi connectivity index (χ0n) is 17.7. The third kappa shape index (κ3) is 4.37. The number of benzene rings is 2. The zero-order chi connectivity index (χ0) is 22.0. The van der Waals surface area contributed by atoms with Crippen molar-refractivity contribution in [3.8, 4) is 0 Å². The molecule has 0 spiro atoms. The Bertz CT molecular complexity index is 1190. The van der Waals surface area contributed by atoms with Crippen LogP contribution in [0, 0.1) is 6.92 Å². The molecule has 1 atom stereocenters. The van der Waals surface area contributed by atoms with E-state index in [9.17, 15) is 13.2 Å². The van der Waals surface area contributed by atoms with E-state index in [1.807, 2.05) is 37.4 Å². The molecule has 3 aromatic rings. The second kappa shape index (κ2) is 8.82. The van der Waals surface area contributed by atoms with E-state index in [2.05, 4.69) is 9.88 Å². The van der Waals surface area contributed by atoms with E-state index >= 15 is 0 Å². The van der Waals surface area contributed by atoms with Gasteiger partial charge in [-0.2, -0.15) is 4.31 Å². The molecule has 7 nitrogen and oxygen atoms in total. The first kappa shape index (κ1) is 21.5. The number of carbonyl (C=O) groups is 1. The van der Waals surface area contributed by atoms with Crippen LogP contribution >= 0.6 is 0 Å². The summed E-state index contributed by atoms with van der Waals surface area (Å²) in [6, 6.07) is 13.7. The molecule has 8 heteroatoms. The molecule has 0 aliphatic carbocycles. The van der Waals surface area contributed by atoms with Gasteiger partial charge in [0.25, 0.3) is 0 Å². The number of aromatic nitrogens is 1. The molecule has 1 aliphatic heterocycles. The minimum Gasteiger partial charge on any atom is -0.383 e. The van der Waals surface area contributed by atoms with Gasteiger partial charge in [0, 0.05) is 43.0 Å². The Morgan fingerprint density at radius 2 is 1.94 bits per heavy atom. The molecule has 1 amide bonds. The van der Waals surface area contributed by atoms with Gasteiger partial charge < -0.3 is 14.6 Å². The SMILES string of the molecule is COCCn1ccc2cc(NC(=O)[C@@H]3CCCN3S(=O)(=O)c3ccc(C)cc3)ccc21. The molecule has 0 bridgehead atoms. The number of carbonyl (C=O) groups excluding carboxylic acids is 1. The first-order valence-corrected chi connectivity index (χ1v) is 11.8. The molecule has 2 aromatic carbocycles. The highest BCUT2D eigenvalue weighted by molar-refractivity contribution is 7.89. The lowest BCUT2D eigenvalue weighted by Crippen LogP contribution is -2.43. The number of fused-ring (bicyclic) bond motifs is 1. The number of amides is 1. The predicted octanol–water partition coefficient (Wildman–Crippen LogP) is 3.39. The molecule has 4 rings (SSSR count). The van der Waals surface area contributed by atoms with E-state index in [1.165, 1.54) is 4.31 Å². The molecule has 2 heterocycles. The summed E-state index contributed by atoms with van der Waals surface area (Å²) >= 11 is 0. The second-order valence-corrected chi connectivity index (χ2v) is 9.74. The van der Waals surface area contributed by atoms with Crippen molar-refractivity contribution in [2.75, 3.05) is 25.6 Å². The molecule has 1 saturated heterocycles. The quantitative estimate of drug-likeness (QED) is 0.609. The van der Waals surface area contributed by atoms with Crippen LogP contribution in [0.1, 0.15) is 18.4 Å². The lowest BCUT2D eigenvalue weighted by atomic mass is 10.2. The van der Waals surface area contributed by atoms with Gasteiger partial charge in [0.05, 0.1) is 11.5 Å². The average Bonchev–Trinajstić information content (AvgIpc) is 3.40. The van der Waals surface area contributed by atoms with Crippen LogP contribution in [0.2, 0.25) is 0 Å². The number of rotatable bonds is 7. The fourth-order valence-electron chi connectivity index (χ4n) is 4.02. The minimum atomic E-state index is -3.72. The number of hydrogen-bond donors (Lipinski definition) is 1. The van der Waals surface area contributed by atoms with Crippen LogP contribution in [-0.4, -0.2) is 49.5 Å². The van der Waals surface area contributed by atoms with Gasteiger partial charge in [-0.05, 0) is 56.2 Å². The van der Waals surface area contributed by atoms with Crippen LogP contribution in [0.3, 0.4) is 0 Å². The number of nitrogens with zero attached hydrogens (tertiary/aromatic N) is 2. The molecule has 1 N–H and O–H groups in total. The lowest BCUT2D eigenvalue weighted by molar-refractivity contribution is -0.119. The fraction of sp³-hybridized carbons (Fsp3) is 0.348. The largest absolute Gasteiger partial charge is 0.383 e.